The van der Waals surface area contributed by atoms with E-state index in [1.165, 1.54) is 4.57 Å². The van der Waals surface area contributed by atoms with Crippen molar-refractivity contribution in [3.8, 4) is 11.3 Å². The number of carbonyl (C=O) groups is 2. The largest absolute Gasteiger partial charge is 0.493 e. The minimum atomic E-state index is -0.286. The molecule has 2 aliphatic rings. The molecule has 9 nitrogen and oxygen atoms in total. The first kappa shape index (κ1) is 28.9. The predicted octanol–water partition coefficient (Wildman–Crippen LogP) is 6.35. The number of hydrogen-bond acceptors (Lipinski definition) is 6. The van der Waals surface area contributed by atoms with Crippen molar-refractivity contribution in [3.63, 3.8) is 0 Å². The molecule has 0 aliphatic carbocycles. The molecule has 224 valence electrons. The van der Waals surface area contributed by atoms with Crippen molar-refractivity contribution in [2.75, 3.05) is 23.7 Å². The van der Waals surface area contributed by atoms with Gasteiger partial charge in [0.1, 0.15) is 6.10 Å². The van der Waals surface area contributed by atoms with E-state index in [1.807, 2.05) is 48.2 Å². The summed E-state index contributed by atoms with van der Waals surface area (Å²) in [7, 11) is 1.68. The van der Waals surface area contributed by atoms with E-state index in [0.717, 1.165) is 55.5 Å². The second kappa shape index (κ2) is 12.6. The Labute approximate surface area is 256 Å². The van der Waals surface area contributed by atoms with Crippen LogP contribution < -0.4 is 16.2 Å². The molecular weight excluding hydrogens is 554 g/mol. The Morgan fingerprint density at radius 2 is 1.66 bits per heavy atom. The first-order valence-electron chi connectivity index (χ1n) is 14.9. The third-order valence-corrected chi connectivity index (χ3v) is 8.20. The Morgan fingerprint density at radius 3 is 2.36 bits per heavy atom. The number of aromatic nitrogens is 2. The number of aryl methyl sites for hydroxylation is 1. The van der Waals surface area contributed by atoms with Gasteiger partial charge < -0.3 is 24.8 Å². The summed E-state index contributed by atoms with van der Waals surface area (Å²) in [6.45, 7) is 3.49. The number of rotatable bonds is 7. The molecule has 0 radical (unpaired) electrons. The number of hydrogen-bond donors (Lipinski definition) is 2. The molecule has 0 spiro atoms. The van der Waals surface area contributed by atoms with Crippen LogP contribution in [0.5, 0.6) is 0 Å². The quantitative estimate of drug-likeness (QED) is 0.260. The lowest BCUT2D eigenvalue weighted by Crippen LogP contribution is -2.35. The molecule has 44 heavy (non-hydrogen) atoms. The van der Waals surface area contributed by atoms with Crippen LogP contribution >= 0.6 is 0 Å². The topological polar surface area (TPSA) is 106 Å². The van der Waals surface area contributed by atoms with Crippen molar-refractivity contribution in [2.45, 2.75) is 38.7 Å². The van der Waals surface area contributed by atoms with Gasteiger partial charge in [0.2, 0.25) is 0 Å². The average Bonchev–Trinajstić information content (AvgIpc) is 3.60. The fourth-order valence-corrected chi connectivity index (χ4v) is 5.62. The number of amides is 2. The average molecular weight is 590 g/mol. The zero-order valence-corrected chi connectivity index (χ0v) is 24.9. The predicted molar refractivity (Wildman–Crippen MR) is 171 cm³/mol. The summed E-state index contributed by atoms with van der Waals surface area (Å²) in [6.07, 6.45) is 9.42. The number of ether oxygens (including phenoxy) is 1. The van der Waals surface area contributed by atoms with Crippen LogP contribution in [-0.2, 0) is 11.8 Å². The van der Waals surface area contributed by atoms with Crippen LogP contribution in [-0.4, -0.2) is 39.4 Å². The van der Waals surface area contributed by atoms with Crippen LogP contribution in [0.25, 0.3) is 11.3 Å². The highest BCUT2D eigenvalue weighted by Gasteiger charge is 2.19. The summed E-state index contributed by atoms with van der Waals surface area (Å²) < 4.78 is 7.05. The lowest BCUT2D eigenvalue weighted by molar-refractivity contribution is 0.0724. The van der Waals surface area contributed by atoms with E-state index >= 15 is 0 Å². The molecule has 1 unspecified atom stereocenters. The van der Waals surface area contributed by atoms with Gasteiger partial charge in [-0.25, -0.2) is 4.98 Å². The highest BCUT2D eigenvalue weighted by Crippen LogP contribution is 2.29. The summed E-state index contributed by atoms with van der Waals surface area (Å²) in [5, 5.41) is 6.15. The number of benzene rings is 3. The van der Waals surface area contributed by atoms with Crippen LogP contribution in [0.4, 0.5) is 17.2 Å². The van der Waals surface area contributed by atoms with E-state index < -0.39 is 0 Å². The number of carbonyl (C=O) groups excluding carboxylic acids is 2. The minimum Gasteiger partial charge on any atom is -0.493 e. The molecule has 1 aromatic heterocycles. The molecule has 2 aliphatic heterocycles. The smallest absolute Gasteiger partial charge is 0.293 e. The summed E-state index contributed by atoms with van der Waals surface area (Å²) >= 11 is 0. The lowest BCUT2D eigenvalue weighted by atomic mass is 10.0. The Kier molecular flexibility index (Phi) is 8.27. The van der Waals surface area contributed by atoms with Crippen LogP contribution in [0.1, 0.15) is 63.6 Å². The summed E-state index contributed by atoms with van der Waals surface area (Å²) in [4.78, 5) is 45.5. The molecule has 0 bridgehead atoms. The fourth-order valence-electron chi connectivity index (χ4n) is 5.62. The highest BCUT2D eigenvalue weighted by atomic mass is 16.5. The van der Waals surface area contributed by atoms with Gasteiger partial charge in [0, 0.05) is 60.8 Å². The van der Waals surface area contributed by atoms with E-state index in [2.05, 4.69) is 15.6 Å². The van der Waals surface area contributed by atoms with Gasteiger partial charge in [-0.05, 0) is 85.9 Å². The molecule has 9 heteroatoms. The summed E-state index contributed by atoms with van der Waals surface area (Å²) in [6, 6.07) is 20.2. The first-order chi connectivity index (χ1) is 21.4. The van der Waals surface area contributed by atoms with Gasteiger partial charge in [-0.2, -0.15) is 0 Å². The lowest BCUT2D eigenvalue weighted by Gasteiger charge is -2.26. The molecule has 1 saturated heterocycles. The number of anilines is 3. The molecule has 2 amide bonds. The van der Waals surface area contributed by atoms with Gasteiger partial charge in [-0.15, -0.1) is 0 Å². The molecule has 3 heterocycles. The third-order valence-electron chi connectivity index (χ3n) is 8.20. The van der Waals surface area contributed by atoms with E-state index in [-0.39, 0.29) is 29.3 Å². The maximum Gasteiger partial charge on any atom is 0.293 e. The second-order valence-electron chi connectivity index (χ2n) is 11.2. The second-order valence-corrected chi connectivity index (χ2v) is 11.2. The molecule has 3 aromatic carbocycles. The van der Waals surface area contributed by atoms with E-state index in [0.29, 0.717) is 28.2 Å². The molecule has 0 saturated carbocycles. The van der Waals surface area contributed by atoms with Gasteiger partial charge in [-0.3, -0.25) is 14.4 Å². The molecule has 1 atom stereocenters. The van der Waals surface area contributed by atoms with E-state index in [4.69, 9.17) is 4.74 Å². The van der Waals surface area contributed by atoms with Crippen LogP contribution in [0.3, 0.4) is 0 Å². The van der Waals surface area contributed by atoms with Crippen molar-refractivity contribution in [1.82, 2.24) is 14.5 Å². The van der Waals surface area contributed by atoms with Gasteiger partial charge in [-0.1, -0.05) is 24.3 Å². The monoisotopic (exact) mass is 589 g/mol. The number of nitrogens with zero attached hydrogens (tertiary/aromatic N) is 3. The number of likely N-dealkylation sites (tertiary alicyclic amines) is 1. The SMILES string of the molecule is Cc1c(NC(=O)c2ccc(C3CC=CO3)cc2)cccc1-c1cn(C)c(=O)c(Nc2ccc(C(=O)N3CCCCC3)cc2)n1. The van der Waals surface area contributed by atoms with Crippen molar-refractivity contribution >= 4 is 29.0 Å². The zero-order valence-electron chi connectivity index (χ0n) is 24.9. The van der Waals surface area contributed by atoms with Gasteiger partial charge in [0.15, 0.2) is 5.82 Å². The van der Waals surface area contributed by atoms with Crippen molar-refractivity contribution in [2.24, 2.45) is 7.05 Å². The first-order valence-corrected chi connectivity index (χ1v) is 14.9. The van der Waals surface area contributed by atoms with Gasteiger partial charge >= 0.3 is 0 Å². The van der Waals surface area contributed by atoms with Crippen LogP contribution in [0, 0.1) is 6.92 Å². The van der Waals surface area contributed by atoms with Crippen LogP contribution in [0.15, 0.2) is 90.1 Å². The Bertz CT molecular complexity index is 1760. The normalized spacial score (nSPS) is 16.0. The third kappa shape index (κ3) is 6.13. The summed E-state index contributed by atoms with van der Waals surface area (Å²) in [5.41, 5.74) is 5.39. The summed E-state index contributed by atoms with van der Waals surface area (Å²) in [5.74, 6) is -0.0290. The Balaban J connectivity index is 1.19. The van der Waals surface area contributed by atoms with E-state index in [1.54, 1.807) is 55.9 Å². The molecule has 6 rings (SSSR count). The fraction of sp³-hybridized carbons (Fsp3) is 0.257. The molecule has 4 aromatic rings. The molecule has 1 fully saturated rings. The molecule has 2 N–H and O–H groups in total. The van der Waals surface area contributed by atoms with Gasteiger partial charge in [0.25, 0.3) is 17.4 Å². The minimum absolute atomic E-state index is 0.00671. The van der Waals surface area contributed by atoms with Crippen LogP contribution in [0.2, 0.25) is 0 Å². The van der Waals surface area contributed by atoms with Crippen molar-refractivity contribution in [3.05, 3.63) is 118 Å². The maximum atomic E-state index is 13.1. The standard InChI is InChI=1S/C35H35N5O4/c1-23-28(8-6-9-29(23)38-33(41)25-13-11-24(12-14-25)31-10-7-21-44-31)30-22-39(2)35(43)32(37-30)36-27-17-15-26(16-18-27)34(42)40-19-4-3-5-20-40/h6-9,11-18,21-22,31H,3-5,10,19-20H2,1-2H3,(H,36,37)(H,38,41). The van der Waals surface area contributed by atoms with Crippen molar-refractivity contribution < 1.29 is 14.3 Å². The van der Waals surface area contributed by atoms with Gasteiger partial charge in [0.05, 0.1) is 12.0 Å². The Hall–Kier alpha value is -5.18. The zero-order chi connectivity index (χ0) is 30.6. The number of nitrogens with one attached hydrogen (secondary N) is 2. The molecular formula is C35H35N5O4. The number of piperidine rings is 1. The Morgan fingerprint density at radius 1 is 0.932 bits per heavy atom. The van der Waals surface area contributed by atoms with Crippen molar-refractivity contribution in [1.29, 1.82) is 0 Å². The highest BCUT2D eigenvalue weighted by molar-refractivity contribution is 6.05. The van der Waals surface area contributed by atoms with E-state index in [9.17, 15) is 14.4 Å². The maximum absolute atomic E-state index is 13.1.